The Balaban J connectivity index is 1.82. The standard InChI is InChI=1S/C25H19ClFNO3/c1-30-23-12-7-16(14-24(23)31-2)13-18-15-22(17-8-10-19(26)11-9-17)28(25(18)29)21-6-4-3-5-20(21)27/h3-15H,1-2H3/b18-13+. The average Bonchev–Trinajstić information content (AvgIpc) is 3.10. The number of amides is 1. The number of carbonyl (C=O) groups excluding carboxylic acids is 1. The highest BCUT2D eigenvalue weighted by Crippen LogP contribution is 2.37. The number of halogens is 2. The lowest BCUT2D eigenvalue weighted by atomic mass is 10.1. The van der Waals surface area contributed by atoms with Crippen LogP contribution in [0.15, 0.2) is 78.4 Å². The zero-order valence-corrected chi connectivity index (χ0v) is 17.7. The smallest absolute Gasteiger partial charge is 0.263 e. The Morgan fingerprint density at radius 2 is 1.65 bits per heavy atom. The lowest BCUT2D eigenvalue weighted by Gasteiger charge is -2.21. The first-order valence-corrected chi connectivity index (χ1v) is 9.90. The number of rotatable bonds is 5. The first-order valence-electron chi connectivity index (χ1n) is 9.52. The highest BCUT2D eigenvalue weighted by molar-refractivity contribution is 6.30. The van der Waals surface area contributed by atoms with Gasteiger partial charge in [-0.3, -0.25) is 9.69 Å². The van der Waals surface area contributed by atoms with Crippen LogP contribution in [-0.2, 0) is 4.79 Å². The molecule has 3 aromatic carbocycles. The summed E-state index contributed by atoms with van der Waals surface area (Å²) in [5.74, 6) is 0.329. The van der Waals surface area contributed by atoms with Crippen LogP contribution in [0.5, 0.6) is 11.5 Å². The van der Waals surface area contributed by atoms with Gasteiger partial charge in [0.2, 0.25) is 0 Å². The number of hydrogen-bond acceptors (Lipinski definition) is 3. The van der Waals surface area contributed by atoms with Gasteiger partial charge in [0, 0.05) is 10.6 Å². The van der Waals surface area contributed by atoms with Crippen molar-refractivity contribution < 1.29 is 18.7 Å². The van der Waals surface area contributed by atoms with Crippen LogP contribution in [0, 0.1) is 5.82 Å². The minimum atomic E-state index is -0.483. The number of hydrogen-bond donors (Lipinski definition) is 0. The minimum absolute atomic E-state index is 0.185. The largest absolute Gasteiger partial charge is 0.493 e. The second-order valence-corrected chi connectivity index (χ2v) is 7.28. The normalized spacial score (nSPS) is 14.7. The third kappa shape index (κ3) is 4.05. The number of ether oxygens (including phenoxy) is 2. The van der Waals surface area contributed by atoms with Gasteiger partial charge < -0.3 is 9.47 Å². The summed E-state index contributed by atoms with van der Waals surface area (Å²) >= 11 is 6.02. The van der Waals surface area contributed by atoms with Crippen LogP contribution in [0.2, 0.25) is 5.02 Å². The SMILES string of the molecule is COc1ccc(/C=C2\C=C(c3ccc(Cl)cc3)N(c3ccccc3F)C2=O)cc1OC. The van der Waals surface area contributed by atoms with Crippen LogP contribution < -0.4 is 14.4 Å². The summed E-state index contributed by atoms with van der Waals surface area (Å²) in [5, 5.41) is 0.576. The zero-order chi connectivity index (χ0) is 22.0. The summed E-state index contributed by atoms with van der Waals surface area (Å²) in [6.45, 7) is 0. The molecule has 1 aliphatic heterocycles. The van der Waals surface area contributed by atoms with Gasteiger partial charge in [0.1, 0.15) is 5.82 Å². The number of para-hydroxylation sites is 1. The van der Waals surface area contributed by atoms with Crippen molar-refractivity contribution in [1.82, 2.24) is 0 Å². The molecule has 0 aliphatic carbocycles. The van der Waals surface area contributed by atoms with E-state index in [0.717, 1.165) is 11.1 Å². The van der Waals surface area contributed by atoms with Crippen molar-refractivity contribution in [3.63, 3.8) is 0 Å². The van der Waals surface area contributed by atoms with Gasteiger partial charge in [-0.1, -0.05) is 41.9 Å². The molecule has 0 unspecified atom stereocenters. The van der Waals surface area contributed by atoms with Crippen LogP contribution in [0.3, 0.4) is 0 Å². The topological polar surface area (TPSA) is 38.8 Å². The van der Waals surface area contributed by atoms with Crippen molar-refractivity contribution in [3.05, 3.63) is 100 Å². The monoisotopic (exact) mass is 435 g/mol. The molecule has 0 fully saturated rings. The molecular formula is C25H19ClFNO3. The molecule has 0 saturated carbocycles. The molecule has 1 amide bonds. The third-order valence-electron chi connectivity index (χ3n) is 4.95. The third-order valence-corrected chi connectivity index (χ3v) is 5.20. The van der Waals surface area contributed by atoms with E-state index < -0.39 is 5.82 Å². The van der Waals surface area contributed by atoms with Crippen LogP contribution in [-0.4, -0.2) is 20.1 Å². The first kappa shape index (κ1) is 20.7. The van der Waals surface area contributed by atoms with Gasteiger partial charge in [0.15, 0.2) is 11.5 Å². The Hall–Kier alpha value is -3.57. The van der Waals surface area contributed by atoms with E-state index in [1.54, 1.807) is 81.0 Å². The van der Waals surface area contributed by atoms with Gasteiger partial charge in [-0.2, -0.15) is 0 Å². The molecule has 0 bridgehead atoms. The summed E-state index contributed by atoms with van der Waals surface area (Å²) in [7, 11) is 3.11. The molecule has 0 radical (unpaired) electrons. The Bertz CT molecular complexity index is 1200. The van der Waals surface area contributed by atoms with E-state index in [9.17, 15) is 9.18 Å². The van der Waals surface area contributed by atoms with E-state index in [0.29, 0.717) is 27.8 Å². The van der Waals surface area contributed by atoms with E-state index in [1.807, 2.05) is 6.07 Å². The molecule has 156 valence electrons. The average molecular weight is 436 g/mol. The fraction of sp³-hybridized carbons (Fsp3) is 0.0800. The van der Waals surface area contributed by atoms with E-state index in [-0.39, 0.29) is 11.6 Å². The van der Waals surface area contributed by atoms with Crippen molar-refractivity contribution in [1.29, 1.82) is 0 Å². The van der Waals surface area contributed by atoms with E-state index in [4.69, 9.17) is 21.1 Å². The van der Waals surface area contributed by atoms with Crippen molar-refractivity contribution in [2.45, 2.75) is 0 Å². The molecule has 0 aromatic heterocycles. The maximum absolute atomic E-state index is 14.6. The molecule has 0 atom stereocenters. The van der Waals surface area contributed by atoms with E-state index in [1.165, 1.54) is 11.0 Å². The van der Waals surface area contributed by atoms with Crippen molar-refractivity contribution in [2.24, 2.45) is 0 Å². The van der Waals surface area contributed by atoms with Gasteiger partial charge >= 0.3 is 0 Å². The highest BCUT2D eigenvalue weighted by Gasteiger charge is 2.32. The Labute approximate surface area is 184 Å². The maximum atomic E-state index is 14.6. The summed E-state index contributed by atoms with van der Waals surface area (Å²) < 4.78 is 25.2. The molecule has 0 N–H and O–H groups in total. The molecule has 0 saturated heterocycles. The predicted octanol–water partition coefficient (Wildman–Crippen LogP) is 5.97. The van der Waals surface area contributed by atoms with Crippen LogP contribution in [0.4, 0.5) is 10.1 Å². The molecule has 0 spiro atoms. The van der Waals surface area contributed by atoms with Crippen LogP contribution in [0.1, 0.15) is 11.1 Å². The first-order chi connectivity index (χ1) is 15.0. The molecule has 6 heteroatoms. The molecular weight excluding hydrogens is 417 g/mol. The second kappa shape index (κ2) is 8.66. The number of carbonyl (C=O) groups is 1. The number of nitrogens with zero attached hydrogens (tertiary/aromatic N) is 1. The lowest BCUT2D eigenvalue weighted by molar-refractivity contribution is -0.113. The number of methoxy groups -OCH3 is 2. The van der Waals surface area contributed by atoms with Crippen molar-refractivity contribution >= 4 is 35.0 Å². The van der Waals surface area contributed by atoms with Crippen molar-refractivity contribution in [3.8, 4) is 11.5 Å². The quantitative estimate of drug-likeness (QED) is 0.463. The Morgan fingerprint density at radius 3 is 2.32 bits per heavy atom. The summed E-state index contributed by atoms with van der Waals surface area (Å²) in [6.07, 6.45) is 3.48. The van der Waals surface area contributed by atoms with E-state index >= 15 is 0 Å². The predicted molar refractivity (Wildman–Crippen MR) is 121 cm³/mol. The highest BCUT2D eigenvalue weighted by atomic mass is 35.5. The molecule has 1 aliphatic rings. The summed E-state index contributed by atoms with van der Waals surface area (Å²) in [6, 6.07) is 18.6. The lowest BCUT2D eigenvalue weighted by Crippen LogP contribution is -2.25. The summed E-state index contributed by atoms with van der Waals surface area (Å²) in [4.78, 5) is 14.7. The molecule has 3 aromatic rings. The molecule has 1 heterocycles. The fourth-order valence-electron chi connectivity index (χ4n) is 3.44. The van der Waals surface area contributed by atoms with Crippen molar-refractivity contribution in [2.75, 3.05) is 19.1 Å². The zero-order valence-electron chi connectivity index (χ0n) is 16.9. The van der Waals surface area contributed by atoms with Crippen LogP contribution >= 0.6 is 11.6 Å². The molecule has 4 nitrogen and oxygen atoms in total. The van der Waals surface area contributed by atoms with Gasteiger partial charge in [0.05, 0.1) is 25.6 Å². The van der Waals surface area contributed by atoms with Gasteiger partial charge in [-0.25, -0.2) is 4.39 Å². The summed E-state index contributed by atoms with van der Waals surface area (Å²) in [5.41, 5.74) is 2.67. The number of anilines is 1. The number of benzene rings is 3. The minimum Gasteiger partial charge on any atom is -0.493 e. The maximum Gasteiger partial charge on any atom is 0.263 e. The van der Waals surface area contributed by atoms with Gasteiger partial charge in [0.25, 0.3) is 5.91 Å². The van der Waals surface area contributed by atoms with Crippen LogP contribution in [0.25, 0.3) is 11.8 Å². The van der Waals surface area contributed by atoms with Gasteiger partial charge in [-0.05, 0) is 59.7 Å². The van der Waals surface area contributed by atoms with E-state index in [2.05, 4.69) is 0 Å². The molecule has 31 heavy (non-hydrogen) atoms. The second-order valence-electron chi connectivity index (χ2n) is 6.84. The Kier molecular flexibility index (Phi) is 5.78. The Morgan fingerprint density at radius 1 is 0.935 bits per heavy atom. The molecule has 4 rings (SSSR count). The fourth-order valence-corrected chi connectivity index (χ4v) is 3.57. The van der Waals surface area contributed by atoms with Gasteiger partial charge in [-0.15, -0.1) is 0 Å².